The quantitative estimate of drug-likeness (QED) is 0.194. The van der Waals surface area contributed by atoms with Crippen molar-refractivity contribution in [2.45, 2.75) is 64.1 Å². The number of halogens is 1. The molecule has 4 aromatic rings. The van der Waals surface area contributed by atoms with Crippen molar-refractivity contribution in [1.29, 1.82) is 0 Å². The van der Waals surface area contributed by atoms with Gasteiger partial charge in [-0.25, -0.2) is 14.6 Å². The lowest BCUT2D eigenvalue weighted by Crippen LogP contribution is -2.38. The summed E-state index contributed by atoms with van der Waals surface area (Å²) >= 11 is 6.45. The molecule has 0 radical (unpaired) electrons. The molecule has 6 rings (SSSR count). The summed E-state index contributed by atoms with van der Waals surface area (Å²) in [6, 6.07) is 21.0. The molecule has 2 amide bonds. The Morgan fingerprint density at radius 3 is 2.29 bits per heavy atom. The average Bonchev–Trinajstić information content (AvgIpc) is 3.79. The largest absolute Gasteiger partial charge is 0.449 e. The predicted molar refractivity (Wildman–Crippen MR) is 174 cm³/mol. The summed E-state index contributed by atoms with van der Waals surface area (Å²) in [6.45, 7) is 6.11. The van der Waals surface area contributed by atoms with Crippen LogP contribution in [-0.2, 0) is 16.0 Å². The van der Waals surface area contributed by atoms with Crippen LogP contribution in [0.15, 0.2) is 71.5 Å². The zero-order valence-corrected chi connectivity index (χ0v) is 26.4. The number of amides is 2. The van der Waals surface area contributed by atoms with Crippen molar-refractivity contribution in [3.63, 3.8) is 0 Å². The second kappa shape index (κ2) is 12.6. The van der Waals surface area contributed by atoms with E-state index in [4.69, 9.17) is 26.1 Å². The number of carbonyl (C=O) groups excluding carboxylic acids is 2. The maximum atomic E-state index is 13.8. The smallest absolute Gasteiger partial charge is 0.407 e. The minimum absolute atomic E-state index is 0.0703. The highest BCUT2D eigenvalue weighted by atomic mass is 35.5. The monoisotopic (exact) mass is 628 g/mol. The number of nitrogens with zero attached hydrogens (tertiary/aromatic N) is 2. The first kappa shape index (κ1) is 30.6. The molecule has 2 aliphatic rings. The highest BCUT2D eigenvalue weighted by Crippen LogP contribution is 2.45. The number of nitrogens with one attached hydrogen (secondary N) is 2. The van der Waals surface area contributed by atoms with Crippen LogP contribution in [0.2, 0.25) is 5.02 Å². The average molecular weight is 629 g/mol. The zero-order chi connectivity index (χ0) is 31.7. The number of fused-ring (bicyclic) bond motifs is 4. The SMILES string of the molecule is CC(C)(C)OC(=O)NCCCn1c(C(NC(=O)OCC2c3ccccc3-c3ccccc32)C2CC2)nc2cccc(Cl)c2c1=O. The Kier molecular flexibility index (Phi) is 8.55. The summed E-state index contributed by atoms with van der Waals surface area (Å²) in [4.78, 5) is 44.2. The van der Waals surface area contributed by atoms with E-state index in [-0.39, 0.29) is 37.1 Å². The lowest BCUT2D eigenvalue weighted by atomic mass is 9.98. The van der Waals surface area contributed by atoms with Crippen LogP contribution < -0.4 is 16.2 Å². The van der Waals surface area contributed by atoms with Gasteiger partial charge in [-0.3, -0.25) is 9.36 Å². The van der Waals surface area contributed by atoms with E-state index in [0.717, 1.165) is 35.1 Å². The standard InChI is InChI=1S/C35H37ClN4O5/c1-35(2,3)45-33(42)37-18-9-19-40-31(38-28-15-8-14-27(36)29(28)32(40)41)30(21-16-17-21)39-34(43)44-20-26-24-12-6-4-10-22(24)23-11-5-7-13-25(23)26/h4-8,10-15,21,26,30H,9,16-20H2,1-3H3,(H,37,42)(H,39,43). The molecule has 234 valence electrons. The van der Waals surface area contributed by atoms with Gasteiger partial charge in [-0.05, 0) is 80.3 Å². The van der Waals surface area contributed by atoms with E-state index in [1.54, 1.807) is 43.5 Å². The molecular formula is C35H37ClN4O5. The zero-order valence-electron chi connectivity index (χ0n) is 25.6. The Morgan fingerprint density at radius 1 is 0.978 bits per heavy atom. The molecule has 0 saturated heterocycles. The van der Waals surface area contributed by atoms with Gasteiger partial charge in [-0.15, -0.1) is 0 Å². The molecule has 10 heteroatoms. The first-order valence-electron chi connectivity index (χ1n) is 15.4. The van der Waals surface area contributed by atoms with Crippen LogP contribution in [-0.4, -0.2) is 40.5 Å². The normalized spacial score (nSPS) is 14.8. The lowest BCUT2D eigenvalue weighted by Gasteiger charge is -2.23. The lowest BCUT2D eigenvalue weighted by molar-refractivity contribution is 0.0526. The van der Waals surface area contributed by atoms with E-state index in [0.29, 0.717) is 28.2 Å². The van der Waals surface area contributed by atoms with Gasteiger partial charge < -0.3 is 20.1 Å². The Labute approximate surface area is 266 Å². The van der Waals surface area contributed by atoms with Crippen LogP contribution in [0.5, 0.6) is 0 Å². The van der Waals surface area contributed by atoms with Crippen molar-refractivity contribution >= 4 is 34.7 Å². The van der Waals surface area contributed by atoms with E-state index >= 15 is 0 Å². The summed E-state index contributed by atoms with van der Waals surface area (Å²) in [7, 11) is 0. The molecule has 1 fully saturated rings. The van der Waals surface area contributed by atoms with Crippen LogP contribution >= 0.6 is 11.6 Å². The van der Waals surface area contributed by atoms with Crippen LogP contribution in [0, 0.1) is 5.92 Å². The van der Waals surface area contributed by atoms with Crippen LogP contribution in [0.25, 0.3) is 22.0 Å². The van der Waals surface area contributed by atoms with Crippen molar-refractivity contribution in [2.75, 3.05) is 13.2 Å². The predicted octanol–water partition coefficient (Wildman–Crippen LogP) is 6.95. The first-order valence-corrected chi connectivity index (χ1v) is 15.8. The highest BCUT2D eigenvalue weighted by Gasteiger charge is 2.38. The molecule has 2 aliphatic carbocycles. The van der Waals surface area contributed by atoms with Crippen molar-refractivity contribution in [1.82, 2.24) is 20.2 Å². The molecule has 0 aliphatic heterocycles. The van der Waals surface area contributed by atoms with E-state index in [1.165, 1.54) is 0 Å². The molecule has 3 aromatic carbocycles. The van der Waals surface area contributed by atoms with Crippen LogP contribution in [0.4, 0.5) is 9.59 Å². The Morgan fingerprint density at radius 2 is 1.64 bits per heavy atom. The van der Waals surface area contributed by atoms with Gasteiger partial charge in [0.1, 0.15) is 18.0 Å². The number of rotatable bonds is 9. The molecule has 1 aromatic heterocycles. The van der Waals surface area contributed by atoms with Crippen molar-refractivity contribution in [3.05, 3.63) is 99.1 Å². The second-order valence-electron chi connectivity index (χ2n) is 12.6. The maximum Gasteiger partial charge on any atom is 0.407 e. The summed E-state index contributed by atoms with van der Waals surface area (Å²) in [5.41, 5.74) is 4.13. The third kappa shape index (κ3) is 6.68. The van der Waals surface area contributed by atoms with E-state index in [1.807, 2.05) is 24.3 Å². The number of benzene rings is 3. The fourth-order valence-electron chi connectivity index (χ4n) is 6.03. The van der Waals surface area contributed by atoms with Gasteiger partial charge in [0.25, 0.3) is 5.56 Å². The molecule has 0 bridgehead atoms. The van der Waals surface area contributed by atoms with Gasteiger partial charge in [0.05, 0.1) is 22.0 Å². The summed E-state index contributed by atoms with van der Waals surface area (Å²) in [6.07, 6.45) is 1.12. The van der Waals surface area contributed by atoms with Crippen molar-refractivity contribution in [3.8, 4) is 11.1 Å². The Bertz CT molecular complexity index is 1760. The summed E-state index contributed by atoms with van der Waals surface area (Å²) in [5.74, 6) is 0.488. The van der Waals surface area contributed by atoms with E-state index in [2.05, 4.69) is 34.9 Å². The summed E-state index contributed by atoms with van der Waals surface area (Å²) < 4.78 is 12.8. The number of ether oxygens (including phenoxy) is 2. The molecular weight excluding hydrogens is 592 g/mol. The van der Waals surface area contributed by atoms with Gasteiger partial charge in [0.2, 0.25) is 0 Å². The third-order valence-electron chi connectivity index (χ3n) is 8.18. The van der Waals surface area contributed by atoms with E-state index in [9.17, 15) is 14.4 Å². The Balaban J connectivity index is 1.22. The molecule has 1 unspecified atom stereocenters. The molecule has 2 N–H and O–H groups in total. The number of alkyl carbamates (subject to hydrolysis) is 2. The van der Waals surface area contributed by atoms with Crippen molar-refractivity contribution in [2.24, 2.45) is 5.92 Å². The van der Waals surface area contributed by atoms with Gasteiger partial charge in [0, 0.05) is 19.0 Å². The van der Waals surface area contributed by atoms with Gasteiger partial charge >= 0.3 is 12.2 Å². The van der Waals surface area contributed by atoms with Gasteiger partial charge in [0.15, 0.2) is 0 Å². The first-order chi connectivity index (χ1) is 21.6. The molecule has 1 atom stereocenters. The minimum atomic E-state index is -0.616. The van der Waals surface area contributed by atoms with Crippen LogP contribution in [0.1, 0.15) is 68.9 Å². The number of hydrogen-bond acceptors (Lipinski definition) is 6. The van der Waals surface area contributed by atoms with E-state index < -0.39 is 23.8 Å². The number of aromatic nitrogens is 2. The van der Waals surface area contributed by atoms with Crippen LogP contribution in [0.3, 0.4) is 0 Å². The fraction of sp³-hybridized carbons (Fsp3) is 0.371. The fourth-order valence-corrected chi connectivity index (χ4v) is 6.28. The number of hydrogen-bond donors (Lipinski definition) is 2. The molecule has 1 heterocycles. The highest BCUT2D eigenvalue weighted by molar-refractivity contribution is 6.35. The second-order valence-corrected chi connectivity index (χ2v) is 13.0. The van der Waals surface area contributed by atoms with Gasteiger partial charge in [-0.2, -0.15) is 0 Å². The minimum Gasteiger partial charge on any atom is -0.449 e. The molecule has 0 spiro atoms. The van der Waals surface area contributed by atoms with Crippen molar-refractivity contribution < 1.29 is 19.1 Å². The third-order valence-corrected chi connectivity index (χ3v) is 8.49. The van der Waals surface area contributed by atoms with Gasteiger partial charge in [-0.1, -0.05) is 66.2 Å². The Hall–Kier alpha value is -4.37. The topological polar surface area (TPSA) is 112 Å². The molecule has 1 saturated carbocycles. The number of carbonyl (C=O) groups is 2. The molecule has 45 heavy (non-hydrogen) atoms. The molecule has 9 nitrogen and oxygen atoms in total. The summed E-state index contributed by atoms with van der Waals surface area (Å²) in [5, 5.41) is 6.41. The maximum absolute atomic E-state index is 13.8.